The Labute approximate surface area is 124 Å². The summed E-state index contributed by atoms with van der Waals surface area (Å²) in [5.41, 5.74) is -1.34. The monoisotopic (exact) mass is 284 g/mol. The van der Waals surface area contributed by atoms with Crippen molar-refractivity contribution in [2.45, 2.75) is 84.2 Å². The van der Waals surface area contributed by atoms with E-state index in [1.165, 1.54) is 19.3 Å². The number of aliphatic hydroxyl groups is 1. The molecular formula is C17H32O3. The summed E-state index contributed by atoms with van der Waals surface area (Å²) in [5.74, 6) is -0.477. The average Bonchev–Trinajstić information content (AvgIpc) is 2.43. The van der Waals surface area contributed by atoms with Gasteiger partial charge in [0.25, 0.3) is 0 Å². The van der Waals surface area contributed by atoms with Crippen molar-refractivity contribution in [3.05, 3.63) is 12.2 Å². The molecule has 0 rings (SSSR count). The Kier molecular flexibility index (Phi) is 11.5. The van der Waals surface area contributed by atoms with Crippen LogP contribution in [0.5, 0.6) is 0 Å². The molecule has 0 spiro atoms. The van der Waals surface area contributed by atoms with Crippen molar-refractivity contribution in [1.29, 1.82) is 0 Å². The summed E-state index contributed by atoms with van der Waals surface area (Å²) in [6.45, 7) is 6.37. The van der Waals surface area contributed by atoms with Crippen LogP contribution >= 0.6 is 0 Å². The number of carbonyl (C=O) groups is 1. The van der Waals surface area contributed by atoms with E-state index in [0.29, 0.717) is 19.4 Å². The summed E-state index contributed by atoms with van der Waals surface area (Å²) in [4.78, 5) is 11.9. The molecule has 0 aromatic heterocycles. The number of rotatable bonds is 12. The van der Waals surface area contributed by atoms with E-state index < -0.39 is 11.6 Å². The van der Waals surface area contributed by atoms with Crippen LogP contribution in [0, 0.1) is 0 Å². The Bertz CT molecular complexity index is 273. The predicted molar refractivity (Wildman–Crippen MR) is 83.6 cm³/mol. The van der Waals surface area contributed by atoms with Crippen LogP contribution in [0.1, 0.15) is 78.6 Å². The Morgan fingerprint density at radius 1 is 1.05 bits per heavy atom. The topological polar surface area (TPSA) is 46.5 Å². The molecule has 0 amide bonds. The number of hydrogen-bond acceptors (Lipinski definition) is 3. The van der Waals surface area contributed by atoms with Gasteiger partial charge in [0, 0.05) is 6.42 Å². The summed E-state index contributed by atoms with van der Waals surface area (Å²) in [6, 6.07) is 0. The smallest absolute Gasteiger partial charge is 0.338 e. The fourth-order valence-electron chi connectivity index (χ4n) is 2.13. The van der Waals surface area contributed by atoms with Crippen molar-refractivity contribution < 1.29 is 14.6 Å². The van der Waals surface area contributed by atoms with Crippen LogP contribution in [0.15, 0.2) is 12.2 Å². The normalized spacial score (nSPS) is 14.4. The first-order chi connectivity index (χ1) is 9.60. The zero-order chi connectivity index (χ0) is 15.3. The largest absolute Gasteiger partial charge is 0.464 e. The summed E-state index contributed by atoms with van der Waals surface area (Å²) < 4.78 is 5.01. The third-order valence-electron chi connectivity index (χ3n) is 3.45. The second-order valence-electron chi connectivity index (χ2n) is 5.38. The molecule has 20 heavy (non-hydrogen) atoms. The van der Waals surface area contributed by atoms with E-state index in [2.05, 4.69) is 19.9 Å². The molecule has 0 radical (unpaired) electrons. The van der Waals surface area contributed by atoms with E-state index in [0.717, 1.165) is 25.7 Å². The SMILES string of the molecule is CCCCC/C=C\CC(O)(CCCCC)C(=O)OCC. The van der Waals surface area contributed by atoms with Gasteiger partial charge in [0.1, 0.15) is 0 Å². The highest BCUT2D eigenvalue weighted by molar-refractivity contribution is 5.79. The molecule has 0 aliphatic rings. The molecule has 0 bridgehead atoms. The summed E-state index contributed by atoms with van der Waals surface area (Å²) in [7, 11) is 0. The molecule has 0 aromatic rings. The Balaban J connectivity index is 4.32. The van der Waals surface area contributed by atoms with Crippen molar-refractivity contribution >= 4 is 5.97 Å². The van der Waals surface area contributed by atoms with E-state index >= 15 is 0 Å². The lowest BCUT2D eigenvalue weighted by Gasteiger charge is -2.24. The van der Waals surface area contributed by atoms with Crippen LogP contribution in [-0.4, -0.2) is 23.3 Å². The molecule has 0 heterocycles. The summed E-state index contributed by atoms with van der Waals surface area (Å²) >= 11 is 0. The minimum atomic E-state index is -1.34. The van der Waals surface area contributed by atoms with Gasteiger partial charge >= 0.3 is 5.97 Å². The molecule has 1 unspecified atom stereocenters. The lowest BCUT2D eigenvalue weighted by atomic mass is 9.92. The van der Waals surface area contributed by atoms with E-state index in [1.807, 2.05) is 6.08 Å². The molecule has 1 N–H and O–H groups in total. The first kappa shape index (κ1) is 19.2. The van der Waals surface area contributed by atoms with Gasteiger partial charge in [-0.15, -0.1) is 0 Å². The third-order valence-corrected chi connectivity index (χ3v) is 3.45. The van der Waals surface area contributed by atoms with E-state index in [4.69, 9.17) is 4.74 Å². The molecule has 3 heteroatoms. The zero-order valence-electron chi connectivity index (χ0n) is 13.5. The predicted octanol–water partition coefficient (Wildman–Crippen LogP) is 4.39. The van der Waals surface area contributed by atoms with Crippen molar-refractivity contribution in [2.75, 3.05) is 6.61 Å². The second-order valence-corrected chi connectivity index (χ2v) is 5.38. The van der Waals surface area contributed by atoms with E-state index in [1.54, 1.807) is 6.92 Å². The third kappa shape index (κ3) is 8.36. The summed E-state index contributed by atoms with van der Waals surface area (Å²) in [5, 5.41) is 10.5. The minimum absolute atomic E-state index is 0.315. The first-order valence-corrected chi connectivity index (χ1v) is 8.15. The molecule has 0 saturated carbocycles. The Hall–Kier alpha value is -0.830. The number of unbranched alkanes of at least 4 members (excludes halogenated alkanes) is 5. The highest BCUT2D eigenvalue weighted by atomic mass is 16.5. The van der Waals surface area contributed by atoms with E-state index in [-0.39, 0.29) is 0 Å². The molecule has 3 nitrogen and oxygen atoms in total. The van der Waals surface area contributed by atoms with Gasteiger partial charge in [0.05, 0.1) is 6.61 Å². The molecule has 0 fully saturated rings. The van der Waals surface area contributed by atoms with Gasteiger partial charge in [-0.05, 0) is 32.6 Å². The Morgan fingerprint density at radius 3 is 2.30 bits per heavy atom. The highest BCUT2D eigenvalue weighted by Crippen LogP contribution is 2.22. The minimum Gasteiger partial charge on any atom is -0.464 e. The Morgan fingerprint density at radius 2 is 1.70 bits per heavy atom. The second kappa shape index (κ2) is 12.0. The average molecular weight is 284 g/mol. The van der Waals surface area contributed by atoms with Crippen LogP contribution < -0.4 is 0 Å². The number of esters is 1. The van der Waals surface area contributed by atoms with Crippen molar-refractivity contribution in [1.82, 2.24) is 0 Å². The number of carbonyl (C=O) groups excluding carboxylic acids is 1. The molecule has 0 saturated heterocycles. The van der Waals surface area contributed by atoms with Gasteiger partial charge in [-0.3, -0.25) is 0 Å². The van der Waals surface area contributed by atoms with Crippen molar-refractivity contribution in [3.8, 4) is 0 Å². The maximum atomic E-state index is 11.9. The number of hydrogen-bond donors (Lipinski definition) is 1. The van der Waals surface area contributed by atoms with Crippen molar-refractivity contribution in [3.63, 3.8) is 0 Å². The molecule has 1 atom stereocenters. The van der Waals surface area contributed by atoms with Gasteiger partial charge in [0.2, 0.25) is 0 Å². The molecular weight excluding hydrogens is 252 g/mol. The zero-order valence-corrected chi connectivity index (χ0v) is 13.5. The number of allylic oxidation sites excluding steroid dienone is 1. The van der Waals surface area contributed by atoms with Crippen LogP contribution in [-0.2, 0) is 9.53 Å². The van der Waals surface area contributed by atoms with Crippen molar-refractivity contribution in [2.24, 2.45) is 0 Å². The molecule has 0 aliphatic heterocycles. The van der Waals surface area contributed by atoms with Gasteiger partial charge in [-0.25, -0.2) is 4.79 Å². The van der Waals surface area contributed by atoms with Crippen LogP contribution in [0.3, 0.4) is 0 Å². The maximum absolute atomic E-state index is 11.9. The van der Waals surface area contributed by atoms with Crippen LogP contribution in [0.25, 0.3) is 0 Å². The molecule has 0 aromatic carbocycles. The van der Waals surface area contributed by atoms with Gasteiger partial charge in [-0.1, -0.05) is 51.7 Å². The van der Waals surface area contributed by atoms with Crippen LogP contribution in [0.2, 0.25) is 0 Å². The summed E-state index contributed by atoms with van der Waals surface area (Å²) in [6.07, 6.45) is 12.4. The van der Waals surface area contributed by atoms with Crippen LogP contribution in [0.4, 0.5) is 0 Å². The fourth-order valence-corrected chi connectivity index (χ4v) is 2.13. The van der Waals surface area contributed by atoms with Gasteiger partial charge in [-0.2, -0.15) is 0 Å². The number of ether oxygens (including phenoxy) is 1. The quantitative estimate of drug-likeness (QED) is 0.328. The first-order valence-electron chi connectivity index (χ1n) is 8.15. The van der Waals surface area contributed by atoms with Gasteiger partial charge < -0.3 is 9.84 Å². The fraction of sp³-hybridized carbons (Fsp3) is 0.824. The lowest BCUT2D eigenvalue weighted by Crippen LogP contribution is -2.39. The lowest BCUT2D eigenvalue weighted by molar-refractivity contribution is -0.165. The highest BCUT2D eigenvalue weighted by Gasteiger charge is 2.35. The molecule has 118 valence electrons. The standard InChI is InChI=1S/C17H32O3/c1-4-7-9-10-11-13-15-17(19,14-12-8-5-2)16(18)20-6-3/h11,13,19H,4-10,12,14-15H2,1-3H3/b13-11-. The maximum Gasteiger partial charge on any atom is 0.338 e. The van der Waals surface area contributed by atoms with E-state index in [9.17, 15) is 9.90 Å². The molecule has 0 aliphatic carbocycles. The van der Waals surface area contributed by atoms with Gasteiger partial charge in [0.15, 0.2) is 5.60 Å².